The Bertz CT molecular complexity index is 950. The van der Waals surface area contributed by atoms with E-state index < -0.39 is 5.82 Å². The highest BCUT2D eigenvalue weighted by molar-refractivity contribution is 9.09. The van der Waals surface area contributed by atoms with Crippen LogP contribution in [0.1, 0.15) is 30.0 Å². The summed E-state index contributed by atoms with van der Waals surface area (Å²) in [5, 5.41) is 10.3. The number of hydrogen-bond acceptors (Lipinski definition) is 2. The summed E-state index contributed by atoms with van der Waals surface area (Å²) in [6.45, 7) is 2.49. The van der Waals surface area contributed by atoms with Crippen LogP contribution in [0.25, 0.3) is 11.1 Å². The number of ether oxygens (including phenoxy) is 1. The minimum absolute atomic E-state index is 0.200. The van der Waals surface area contributed by atoms with E-state index in [9.17, 15) is 9.50 Å². The number of allylic oxidation sites excluding steroid dienone is 1. The van der Waals surface area contributed by atoms with Crippen molar-refractivity contribution in [2.75, 3.05) is 11.9 Å². The van der Waals surface area contributed by atoms with Gasteiger partial charge in [-0.15, -0.1) is 0 Å². The molecule has 3 aromatic carbocycles. The molecule has 0 aliphatic carbocycles. The smallest absolute Gasteiger partial charge is 0.165 e. The first-order valence-electron chi connectivity index (χ1n) is 9.20. The predicted molar refractivity (Wildman–Crippen MR) is 116 cm³/mol. The van der Waals surface area contributed by atoms with Gasteiger partial charge in [-0.1, -0.05) is 71.4 Å². The van der Waals surface area contributed by atoms with Crippen molar-refractivity contribution in [2.24, 2.45) is 0 Å². The van der Waals surface area contributed by atoms with Crippen molar-refractivity contribution in [3.63, 3.8) is 0 Å². The number of phenols is 1. The summed E-state index contributed by atoms with van der Waals surface area (Å²) >= 11 is 3.28. The van der Waals surface area contributed by atoms with Gasteiger partial charge in [-0.25, -0.2) is 4.39 Å². The van der Waals surface area contributed by atoms with E-state index >= 15 is 0 Å². The second kappa shape index (κ2) is 9.56. The Labute approximate surface area is 173 Å². The Morgan fingerprint density at radius 2 is 1.61 bits per heavy atom. The summed E-state index contributed by atoms with van der Waals surface area (Å²) in [5.74, 6) is 0.0508. The molecule has 0 unspecified atom stereocenters. The zero-order valence-electron chi connectivity index (χ0n) is 15.7. The van der Waals surface area contributed by atoms with Gasteiger partial charge in [0, 0.05) is 5.33 Å². The van der Waals surface area contributed by atoms with E-state index in [1.54, 1.807) is 18.2 Å². The minimum atomic E-state index is -0.391. The van der Waals surface area contributed by atoms with Crippen molar-refractivity contribution >= 4 is 27.1 Å². The molecular weight excluding hydrogens is 419 g/mol. The van der Waals surface area contributed by atoms with E-state index in [4.69, 9.17) is 4.74 Å². The van der Waals surface area contributed by atoms with E-state index in [1.165, 1.54) is 6.07 Å². The highest BCUT2D eigenvalue weighted by atomic mass is 79.9. The van der Waals surface area contributed by atoms with E-state index in [0.29, 0.717) is 11.9 Å². The molecule has 0 aromatic heterocycles. The van der Waals surface area contributed by atoms with Gasteiger partial charge in [-0.3, -0.25) is 0 Å². The molecule has 0 bridgehead atoms. The lowest BCUT2D eigenvalue weighted by atomic mass is 9.88. The van der Waals surface area contributed by atoms with E-state index in [2.05, 4.69) is 35.0 Å². The number of hydrogen-bond donors (Lipinski definition) is 1. The van der Waals surface area contributed by atoms with Gasteiger partial charge in [0.25, 0.3) is 0 Å². The normalized spacial score (nSPS) is 11.8. The van der Waals surface area contributed by atoms with E-state index in [0.717, 1.165) is 34.3 Å². The largest absolute Gasteiger partial charge is 0.508 e. The lowest BCUT2D eigenvalue weighted by Crippen LogP contribution is -2.01. The van der Waals surface area contributed by atoms with Crippen LogP contribution in [0.5, 0.6) is 11.5 Å². The van der Waals surface area contributed by atoms with Gasteiger partial charge in [0.1, 0.15) is 5.75 Å². The maximum Gasteiger partial charge on any atom is 0.165 e. The molecule has 28 heavy (non-hydrogen) atoms. The minimum Gasteiger partial charge on any atom is -0.508 e. The highest BCUT2D eigenvalue weighted by Crippen LogP contribution is 2.36. The first-order valence-corrected chi connectivity index (χ1v) is 10.3. The second-order valence-electron chi connectivity index (χ2n) is 6.30. The van der Waals surface area contributed by atoms with Gasteiger partial charge in [0.05, 0.1) is 6.61 Å². The lowest BCUT2D eigenvalue weighted by molar-refractivity contribution is 0.326. The first kappa shape index (κ1) is 20.2. The molecule has 0 fully saturated rings. The first-order chi connectivity index (χ1) is 13.6. The molecule has 0 heterocycles. The molecule has 0 atom stereocenters. The number of rotatable bonds is 7. The fraction of sp³-hybridized carbons (Fsp3) is 0.167. The molecule has 0 spiro atoms. The fourth-order valence-electron chi connectivity index (χ4n) is 3.23. The van der Waals surface area contributed by atoms with Crippen LogP contribution in [-0.4, -0.2) is 17.0 Å². The number of alkyl halides is 1. The Morgan fingerprint density at radius 3 is 2.21 bits per heavy atom. The van der Waals surface area contributed by atoms with Gasteiger partial charge in [0.2, 0.25) is 0 Å². The van der Waals surface area contributed by atoms with Crippen LogP contribution in [0, 0.1) is 5.82 Å². The van der Waals surface area contributed by atoms with Crippen molar-refractivity contribution in [1.82, 2.24) is 0 Å². The third kappa shape index (κ3) is 4.63. The number of benzene rings is 3. The summed E-state index contributed by atoms with van der Waals surface area (Å²) in [6.07, 6.45) is 0.781. The Kier molecular flexibility index (Phi) is 6.88. The van der Waals surface area contributed by atoms with Crippen LogP contribution in [0.15, 0.2) is 72.8 Å². The topological polar surface area (TPSA) is 29.5 Å². The van der Waals surface area contributed by atoms with Crippen molar-refractivity contribution in [1.29, 1.82) is 0 Å². The number of aromatic hydroxyl groups is 1. The molecule has 0 aliphatic heterocycles. The van der Waals surface area contributed by atoms with Crippen LogP contribution in [0.4, 0.5) is 4.39 Å². The zero-order valence-corrected chi connectivity index (χ0v) is 17.2. The maximum absolute atomic E-state index is 14.7. The average Bonchev–Trinajstić information content (AvgIpc) is 2.72. The van der Waals surface area contributed by atoms with Crippen molar-refractivity contribution < 1.29 is 14.2 Å². The Balaban J connectivity index is 2.18. The predicted octanol–water partition coefficient (Wildman–Crippen LogP) is 6.67. The van der Waals surface area contributed by atoms with Crippen LogP contribution >= 0.6 is 15.9 Å². The third-order valence-electron chi connectivity index (χ3n) is 4.49. The van der Waals surface area contributed by atoms with Crippen LogP contribution in [0.3, 0.4) is 0 Å². The maximum atomic E-state index is 14.7. The fourth-order valence-corrected chi connectivity index (χ4v) is 3.39. The summed E-state index contributed by atoms with van der Waals surface area (Å²) in [6, 6.07) is 22.2. The van der Waals surface area contributed by atoms with Crippen LogP contribution < -0.4 is 4.74 Å². The second-order valence-corrected chi connectivity index (χ2v) is 7.10. The van der Waals surface area contributed by atoms with Gasteiger partial charge in [-0.2, -0.15) is 0 Å². The summed E-state index contributed by atoms with van der Waals surface area (Å²) in [5.41, 5.74) is 4.84. The molecule has 3 aromatic rings. The van der Waals surface area contributed by atoms with Gasteiger partial charge < -0.3 is 9.84 Å². The van der Waals surface area contributed by atoms with Gasteiger partial charge in [-0.05, 0) is 58.5 Å². The SMILES string of the molecule is CC/C(=C(/c1ccc(O)cc1)c1ccc(OCCBr)c(F)c1)c1ccccc1. The van der Waals surface area contributed by atoms with Crippen molar-refractivity contribution in [3.05, 3.63) is 95.3 Å². The number of phenolic OH excluding ortho intramolecular Hbond substituents is 1. The van der Waals surface area contributed by atoms with Gasteiger partial charge in [0.15, 0.2) is 11.6 Å². The average molecular weight is 441 g/mol. The standard InChI is InChI=1S/C24H22BrFO2/c1-2-21(17-6-4-3-5-7-17)24(18-8-11-20(27)12-9-18)19-10-13-23(22(26)16-19)28-15-14-25/h3-13,16,27H,2,14-15H2,1H3/b24-21+. The molecule has 0 saturated heterocycles. The summed E-state index contributed by atoms with van der Waals surface area (Å²) < 4.78 is 20.1. The summed E-state index contributed by atoms with van der Waals surface area (Å²) in [7, 11) is 0. The monoisotopic (exact) mass is 440 g/mol. The zero-order chi connectivity index (χ0) is 19.9. The molecule has 4 heteroatoms. The molecule has 144 valence electrons. The quantitative estimate of drug-likeness (QED) is 0.328. The molecule has 0 aliphatic rings. The van der Waals surface area contributed by atoms with E-state index in [1.807, 2.05) is 36.4 Å². The number of halogens is 2. The molecule has 3 rings (SSSR count). The highest BCUT2D eigenvalue weighted by Gasteiger charge is 2.15. The van der Waals surface area contributed by atoms with Crippen LogP contribution in [-0.2, 0) is 0 Å². The van der Waals surface area contributed by atoms with Gasteiger partial charge >= 0.3 is 0 Å². The molecule has 2 nitrogen and oxygen atoms in total. The molecule has 1 N–H and O–H groups in total. The van der Waals surface area contributed by atoms with Crippen LogP contribution in [0.2, 0.25) is 0 Å². The lowest BCUT2D eigenvalue weighted by Gasteiger charge is -2.17. The molecule has 0 radical (unpaired) electrons. The van der Waals surface area contributed by atoms with E-state index in [-0.39, 0.29) is 11.5 Å². The molecule has 0 saturated carbocycles. The van der Waals surface area contributed by atoms with Crippen molar-refractivity contribution in [3.8, 4) is 11.5 Å². The van der Waals surface area contributed by atoms with Crippen molar-refractivity contribution in [2.45, 2.75) is 13.3 Å². The summed E-state index contributed by atoms with van der Waals surface area (Å²) in [4.78, 5) is 0. The Morgan fingerprint density at radius 1 is 0.929 bits per heavy atom. The Hall–Kier alpha value is -2.59. The molecule has 0 amide bonds. The third-order valence-corrected chi connectivity index (χ3v) is 4.81. The molecular formula is C24H22BrFO2.